The van der Waals surface area contributed by atoms with Crippen molar-refractivity contribution in [2.75, 3.05) is 6.61 Å². The number of aliphatic hydroxyl groups excluding tert-OH is 1. The molecule has 1 saturated heterocycles. The van der Waals surface area contributed by atoms with Gasteiger partial charge < -0.3 is 9.84 Å². The Balaban J connectivity index is 2.06. The van der Waals surface area contributed by atoms with Gasteiger partial charge in [-0.3, -0.25) is 4.79 Å². The van der Waals surface area contributed by atoms with Gasteiger partial charge >= 0.3 is 5.97 Å². The van der Waals surface area contributed by atoms with Crippen LogP contribution in [0.3, 0.4) is 0 Å². The summed E-state index contributed by atoms with van der Waals surface area (Å²) < 4.78 is 5.16. The van der Waals surface area contributed by atoms with E-state index in [0.29, 0.717) is 12.3 Å². The summed E-state index contributed by atoms with van der Waals surface area (Å²) >= 11 is 0. The van der Waals surface area contributed by atoms with Crippen molar-refractivity contribution in [3.8, 4) is 0 Å². The molecule has 3 nitrogen and oxygen atoms in total. The second-order valence-electron chi connectivity index (χ2n) is 6.72. The van der Waals surface area contributed by atoms with Gasteiger partial charge in [0.2, 0.25) is 0 Å². The van der Waals surface area contributed by atoms with Gasteiger partial charge in [-0.05, 0) is 35.7 Å². The lowest BCUT2D eigenvalue weighted by atomic mass is 9.63. The fourth-order valence-electron chi connectivity index (χ4n) is 4.62. The number of rotatable bonds is 0. The summed E-state index contributed by atoms with van der Waals surface area (Å²) in [6.07, 6.45) is 3.47. The summed E-state index contributed by atoms with van der Waals surface area (Å²) in [7, 11) is 0. The maximum Gasteiger partial charge on any atom is 0.319 e. The number of fused-ring (bicyclic) bond motifs is 1. The van der Waals surface area contributed by atoms with Crippen molar-refractivity contribution in [2.45, 2.75) is 45.6 Å². The van der Waals surface area contributed by atoms with E-state index in [-0.39, 0.29) is 23.9 Å². The zero-order chi connectivity index (χ0) is 13.1. The average Bonchev–Trinajstić information content (AvgIpc) is 2.74. The molecule has 5 atom stereocenters. The zero-order valence-corrected chi connectivity index (χ0v) is 11.2. The largest absolute Gasteiger partial charge is 0.460 e. The highest BCUT2D eigenvalue weighted by Crippen LogP contribution is 2.64. The number of carbonyl (C=O) groups excluding carboxylic acids is 1. The summed E-state index contributed by atoms with van der Waals surface area (Å²) in [5, 5.41) is 10.7. The highest BCUT2D eigenvalue weighted by molar-refractivity contribution is 5.85. The Morgan fingerprint density at radius 3 is 2.72 bits per heavy atom. The maximum atomic E-state index is 12.2. The Kier molecular flexibility index (Phi) is 2.44. The Labute approximate surface area is 108 Å². The number of ether oxygens (including phenoxy) is 1. The summed E-state index contributed by atoms with van der Waals surface area (Å²) in [6, 6.07) is 0. The minimum atomic E-state index is -0.808. The van der Waals surface area contributed by atoms with Crippen LogP contribution < -0.4 is 0 Å². The zero-order valence-electron chi connectivity index (χ0n) is 11.2. The van der Waals surface area contributed by atoms with Crippen molar-refractivity contribution in [3.63, 3.8) is 0 Å². The number of hydrogen-bond donors (Lipinski definition) is 1. The van der Waals surface area contributed by atoms with Crippen LogP contribution in [-0.4, -0.2) is 23.8 Å². The first-order valence-electron chi connectivity index (χ1n) is 6.96. The summed E-state index contributed by atoms with van der Waals surface area (Å²) in [5.41, 5.74) is 0.0185. The highest BCUT2D eigenvalue weighted by Gasteiger charge is 2.67. The van der Waals surface area contributed by atoms with Crippen LogP contribution in [-0.2, 0) is 9.53 Å². The second kappa shape index (κ2) is 3.60. The SMILES string of the molecule is C=C1COC(=O)[C@]12C[C@@]1(C)[C@H](CCC[C@@H]1C)[C@H]2O. The third kappa shape index (κ3) is 1.21. The van der Waals surface area contributed by atoms with Crippen LogP contribution in [0.4, 0.5) is 0 Å². The molecule has 3 aliphatic rings. The molecule has 3 heteroatoms. The number of carbonyl (C=O) groups is 1. The first-order chi connectivity index (χ1) is 8.43. The van der Waals surface area contributed by atoms with Gasteiger partial charge in [0.15, 0.2) is 0 Å². The van der Waals surface area contributed by atoms with E-state index in [2.05, 4.69) is 20.4 Å². The fourth-order valence-corrected chi connectivity index (χ4v) is 4.62. The summed E-state index contributed by atoms with van der Waals surface area (Å²) in [6.45, 7) is 8.77. The van der Waals surface area contributed by atoms with E-state index in [1.165, 1.54) is 6.42 Å². The lowest BCUT2D eigenvalue weighted by Gasteiger charge is -2.42. The van der Waals surface area contributed by atoms with Crippen LogP contribution in [0, 0.1) is 22.7 Å². The van der Waals surface area contributed by atoms with Gasteiger partial charge in [0, 0.05) is 0 Å². The first kappa shape index (κ1) is 12.2. The first-order valence-corrected chi connectivity index (χ1v) is 6.96. The van der Waals surface area contributed by atoms with E-state index in [9.17, 15) is 9.90 Å². The standard InChI is InChI=1S/C15H22O3/c1-9-5-4-6-11-12(16)15(8-14(9,11)3)10(2)7-18-13(15)17/h9,11-12,16H,2,4-8H2,1,3H3/t9-,11+,12+,14+,15+/m0/s1. The molecule has 1 heterocycles. The monoisotopic (exact) mass is 250 g/mol. The third-order valence-electron chi connectivity index (χ3n) is 6.04. The van der Waals surface area contributed by atoms with Crippen LogP contribution >= 0.6 is 0 Å². The van der Waals surface area contributed by atoms with E-state index >= 15 is 0 Å². The van der Waals surface area contributed by atoms with Crippen molar-refractivity contribution < 1.29 is 14.6 Å². The van der Waals surface area contributed by atoms with E-state index in [1.54, 1.807) is 0 Å². The number of aliphatic hydroxyl groups is 1. The average molecular weight is 250 g/mol. The van der Waals surface area contributed by atoms with Crippen LogP contribution in [0.25, 0.3) is 0 Å². The molecule has 0 amide bonds. The molecule has 0 aromatic carbocycles. The van der Waals surface area contributed by atoms with E-state index in [1.807, 2.05) is 0 Å². The van der Waals surface area contributed by atoms with Crippen molar-refractivity contribution in [1.82, 2.24) is 0 Å². The normalized spacial score (nSPS) is 51.6. The molecule has 100 valence electrons. The highest BCUT2D eigenvalue weighted by atomic mass is 16.5. The fraction of sp³-hybridized carbons (Fsp3) is 0.800. The topological polar surface area (TPSA) is 46.5 Å². The molecule has 1 aliphatic heterocycles. The van der Waals surface area contributed by atoms with Crippen LogP contribution in [0.5, 0.6) is 0 Å². The molecule has 3 rings (SSSR count). The predicted molar refractivity (Wildman–Crippen MR) is 67.8 cm³/mol. The molecule has 0 unspecified atom stereocenters. The molecular formula is C15H22O3. The molecule has 3 fully saturated rings. The van der Waals surface area contributed by atoms with E-state index in [0.717, 1.165) is 18.4 Å². The Hall–Kier alpha value is -0.830. The molecule has 0 aromatic rings. The lowest BCUT2D eigenvalue weighted by Crippen LogP contribution is -2.40. The Bertz CT molecular complexity index is 398. The quantitative estimate of drug-likeness (QED) is 0.530. The lowest BCUT2D eigenvalue weighted by molar-refractivity contribution is -0.150. The summed E-state index contributed by atoms with van der Waals surface area (Å²) in [4.78, 5) is 12.2. The van der Waals surface area contributed by atoms with Gasteiger partial charge in [-0.1, -0.05) is 33.3 Å². The van der Waals surface area contributed by atoms with E-state index in [4.69, 9.17) is 4.74 Å². The van der Waals surface area contributed by atoms with E-state index < -0.39 is 11.5 Å². The van der Waals surface area contributed by atoms with Crippen LogP contribution in [0.1, 0.15) is 39.5 Å². The van der Waals surface area contributed by atoms with Crippen LogP contribution in [0.15, 0.2) is 12.2 Å². The van der Waals surface area contributed by atoms with Crippen molar-refractivity contribution in [3.05, 3.63) is 12.2 Å². The van der Waals surface area contributed by atoms with Crippen molar-refractivity contribution in [2.24, 2.45) is 22.7 Å². The second-order valence-corrected chi connectivity index (χ2v) is 6.72. The maximum absolute atomic E-state index is 12.2. The molecular weight excluding hydrogens is 228 g/mol. The smallest absolute Gasteiger partial charge is 0.319 e. The Morgan fingerprint density at radius 1 is 1.44 bits per heavy atom. The minimum Gasteiger partial charge on any atom is -0.460 e. The molecule has 1 N–H and O–H groups in total. The van der Waals surface area contributed by atoms with Gasteiger partial charge in [0.25, 0.3) is 0 Å². The van der Waals surface area contributed by atoms with Gasteiger partial charge in [-0.25, -0.2) is 0 Å². The van der Waals surface area contributed by atoms with Crippen LogP contribution in [0.2, 0.25) is 0 Å². The van der Waals surface area contributed by atoms with Crippen molar-refractivity contribution in [1.29, 1.82) is 0 Å². The molecule has 18 heavy (non-hydrogen) atoms. The van der Waals surface area contributed by atoms with Gasteiger partial charge in [0.05, 0.1) is 6.10 Å². The Morgan fingerprint density at radius 2 is 2.17 bits per heavy atom. The molecule has 2 aliphatic carbocycles. The molecule has 1 spiro atoms. The molecule has 0 radical (unpaired) electrons. The molecule has 0 bridgehead atoms. The number of cyclic esters (lactones) is 1. The van der Waals surface area contributed by atoms with Crippen molar-refractivity contribution >= 4 is 5.97 Å². The van der Waals surface area contributed by atoms with Gasteiger partial charge in [-0.15, -0.1) is 0 Å². The third-order valence-corrected chi connectivity index (χ3v) is 6.04. The predicted octanol–water partition coefficient (Wildman–Crippen LogP) is 2.29. The van der Waals surface area contributed by atoms with Gasteiger partial charge in [-0.2, -0.15) is 0 Å². The number of esters is 1. The van der Waals surface area contributed by atoms with Gasteiger partial charge in [0.1, 0.15) is 12.0 Å². The molecule has 2 saturated carbocycles. The molecule has 0 aromatic heterocycles. The minimum absolute atomic E-state index is 0.0456. The summed E-state index contributed by atoms with van der Waals surface area (Å²) in [5.74, 6) is 0.512. The number of hydrogen-bond acceptors (Lipinski definition) is 3.